The Morgan fingerprint density at radius 3 is 2.94 bits per heavy atom. The van der Waals surface area contributed by atoms with Crippen molar-refractivity contribution in [2.45, 2.75) is 32.6 Å². The van der Waals surface area contributed by atoms with Gasteiger partial charge in [-0.25, -0.2) is 0 Å². The maximum atomic E-state index is 5.38. The summed E-state index contributed by atoms with van der Waals surface area (Å²) in [7, 11) is 0. The van der Waals surface area contributed by atoms with E-state index in [0.29, 0.717) is 6.79 Å². The maximum absolute atomic E-state index is 5.38. The van der Waals surface area contributed by atoms with Crippen molar-refractivity contribution in [1.29, 1.82) is 0 Å². The van der Waals surface area contributed by atoms with Gasteiger partial charge in [0.15, 0.2) is 11.5 Å². The zero-order chi connectivity index (χ0) is 12.8. The molecule has 1 aromatic carbocycles. The van der Waals surface area contributed by atoms with Crippen LogP contribution in [0.15, 0.2) is 29.8 Å². The van der Waals surface area contributed by atoms with Crippen molar-refractivity contribution in [2.24, 2.45) is 0 Å². The van der Waals surface area contributed by atoms with Crippen LogP contribution >= 0.6 is 15.9 Å². The number of alkyl halides is 1. The van der Waals surface area contributed by atoms with Crippen molar-refractivity contribution in [2.75, 3.05) is 12.1 Å². The molecule has 1 aromatic rings. The Morgan fingerprint density at radius 2 is 2.17 bits per heavy atom. The molecule has 0 saturated heterocycles. The molecule has 0 unspecified atom stereocenters. The minimum absolute atomic E-state index is 0.351. The van der Waals surface area contributed by atoms with Crippen LogP contribution in [0, 0.1) is 0 Å². The number of aryl methyl sites for hydroxylation is 1. The summed E-state index contributed by atoms with van der Waals surface area (Å²) in [6.45, 7) is 2.57. The summed E-state index contributed by atoms with van der Waals surface area (Å²) >= 11 is 3.49. The first kappa shape index (κ1) is 13.5. The first-order valence-corrected chi connectivity index (χ1v) is 7.58. The number of ether oxygens (including phenoxy) is 2. The molecule has 0 fully saturated rings. The number of allylic oxidation sites excluding steroid dienone is 2. The molecule has 1 aliphatic heterocycles. The third-order valence-corrected chi connectivity index (χ3v) is 3.57. The highest BCUT2D eigenvalue weighted by molar-refractivity contribution is 9.09. The van der Waals surface area contributed by atoms with Gasteiger partial charge in [0.2, 0.25) is 6.79 Å². The molecular weight excluding hydrogens is 292 g/mol. The molecule has 0 radical (unpaired) electrons. The lowest BCUT2D eigenvalue weighted by molar-refractivity contribution is 0.174. The number of fused-ring (bicyclic) bond motifs is 1. The number of halogens is 1. The van der Waals surface area contributed by atoms with Crippen molar-refractivity contribution < 1.29 is 9.47 Å². The van der Waals surface area contributed by atoms with E-state index in [1.54, 1.807) is 0 Å². The van der Waals surface area contributed by atoms with Crippen LogP contribution in [-0.4, -0.2) is 12.1 Å². The average Bonchev–Trinajstić information content (AvgIpc) is 2.85. The Balaban J connectivity index is 1.90. The summed E-state index contributed by atoms with van der Waals surface area (Å²) in [6.07, 6.45) is 6.81. The van der Waals surface area contributed by atoms with Gasteiger partial charge in [-0.05, 0) is 43.4 Å². The maximum Gasteiger partial charge on any atom is 0.231 e. The summed E-state index contributed by atoms with van der Waals surface area (Å²) in [4.78, 5) is 0. The molecule has 0 spiro atoms. The predicted octanol–water partition coefficient (Wildman–Crippen LogP) is 4.47. The van der Waals surface area contributed by atoms with Gasteiger partial charge < -0.3 is 9.47 Å². The van der Waals surface area contributed by atoms with E-state index in [9.17, 15) is 0 Å². The van der Waals surface area contributed by atoms with Gasteiger partial charge in [0.25, 0.3) is 0 Å². The normalized spacial score (nSPS) is 14.0. The summed E-state index contributed by atoms with van der Waals surface area (Å²) in [6, 6.07) is 6.21. The highest BCUT2D eigenvalue weighted by Gasteiger charge is 2.12. The highest BCUT2D eigenvalue weighted by Crippen LogP contribution is 2.32. The van der Waals surface area contributed by atoms with Crippen molar-refractivity contribution in [3.05, 3.63) is 35.4 Å². The largest absolute Gasteiger partial charge is 0.454 e. The molecule has 0 N–H and O–H groups in total. The fourth-order valence-corrected chi connectivity index (χ4v) is 2.59. The second-order valence-corrected chi connectivity index (χ2v) is 5.17. The molecule has 18 heavy (non-hydrogen) atoms. The van der Waals surface area contributed by atoms with Crippen LogP contribution in [0.3, 0.4) is 0 Å². The van der Waals surface area contributed by atoms with Crippen LogP contribution in [0.2, 0.25) is 0 Å². The molecule has 0 aliphatic carbocycles. The Morgan fingerprint density at radius 1 is 1.33 bits per heavy atom. The van der Waals surface area contributed by atoms with E-state index in [4.69, 9.17) is 9.47 Å². The second-order valence-electron chi connectivity index (χ2n) is 4.38. The Kier molecular flexibility index (Phi) is 5.12. The molecule has 0 aromatic heterocycles. The SMILES string of the molecule is CC/C(=C\CCc1ccc2c(c1)OCO2)CCBr. The third-order valence-electron chi connectivity index (χ3n) is 3.17. The summed E-state index contributed by atoms with van der Waals surface area (Å²) in [5, 5.41) is 1.05. The quantitative estimate of drug-likeness (QED) is 0.570. The van der Waals surface area contributed by atoms with E-state index in [0.717, 1.165) is 42.5 Å². The van der Waals surface area contributed by atoms with E-state index in [1.165, 1.54) is 11.1 Å². The summed E-state index contributed by atoms with van der Waals surface area (Å²) in [5.41, 5.74) is 2.84. The molecule has 98 valence electrons. The molecule has 1 aliphatic rings. The van der Waals surface area contributed by atoms with Crippen molar-refractivity contribution in [3.63, 3.8) is 0 Å². The van der Waals surface area contributed by atoms with Gasteiger partial charge in [0, 0.05) is 5.33 Å². The van der Waals surface area contributed by atoms with Gasteiger partial charge in [-0.2, -0.15) is 0 Å². The fourth-order valence-electron chi connectivity index (χ4n) is 2.08. The molecular formula is C15H19BrO2. The smallest absolute Gasteiger partial charge is 0.231 e. The summed E-state index contributed by atoms with van der Waals surface area (Å²) in [5.74, 6) is 1.75. The summed E-state index contributed by atoms with van der Waals surface area (Å²) < 4.78 is 10.7. The van der Waals surface area contributed by atoms with Crippen molar-refractivity contribution in [1.82, 2.24) is 0 Å². The van der Waals surface area contributed by atoms with Gasteiger partial charge in [-0.1, -0.05) is 40.6 Å². The predicted molar refractivity (Wildman–Crippen MR) is 77.7 cm³/mol. The van der Waals surface area contributed by atoms with Crippen LogP contribution in [0.5, 0.6) is 11.5 Å². The highest BCUT2D eigenvalue weighted by atomic mass is 79.9. The monoisotopic (exact) mass is 310 g/mol. The number of benzene rings is 1. The van der Waals surface area contributed by atoms with Crippen molar-refractivity contribution in [3.8, 4) is 11.5 Å². The average molecular weight is 311 g/mol. The van der Waals surface area contributed by atoms with E-state index in [1.807, 2.05) is 6.07 Å². The zero-order valence-electron chi connectivity index (χ0n) is 10.7. The molecule has 0 saturated carbocycles. The van der Waals surface area contributed by atoms with Crippen molar-refractivity contribution >= 4 is 15.9 Å². The fraction of sp³-hybridized carbons (Fsp3) is 0.467. The lowest BCUT2D eigenvalue weighted by Gasteiger charge is -2.03. The van der Waals surface area contributed by atoms with Crippen LogP contribution in [0.25, 0.3) is 0 Å². The molecule has 0 atom stereocenters. The van der Waals surface area contributed by atoms with E-state index < -0.39 is 0 Å². The number of rotatable bonds is 6. The minimum Gasteiger partial charge on any atom is -0.454 e. The van der Waals surface area contributed by atoms with E-state index >= 15 is 0 Å². The molecule has 1 heterocycles. The Hall–Kier alpha value is -0.960. The van der Waals surface area contributed by atoms with E-state index in [2.05, 4.69) is 41.1 Å². The minimum atomic E-state index is 0.351. The molecule has 2 nitrogen and oxygen atoms in total. The van der Waals surface area contributed by atoms with Gasteiger partial charge in [-0.15, -0.1) is 0 Å². The van der Waals surface area contributed by atoms with Crippen LogP contribution in [0.1, 0.15) is 31.7 Å². The molecule has 0 amide bonds. The first-order valence-electron chi connectivity index (χ1n) is 6.46. The molecule has 2 rings (SSSR count). The van der Waals surface area contributed by atoms with Crippen LogP contribution in [0.4, 0.5) is 0 Å². The van der Waals surface area contributed by atoms with Crippen LogP contribution < -0.4 is 9.47 Å². The van der Waals surface area contributed by atoms with Gasteiger partial charge in [0.05, 0.1) is 0 Å². The Labute approximate surface area is 117 Å². The topological polar surface area (TPSA) is 18.5 Å². The molecule has 3 heteroatoms. The number of hydrogen-bond acceptors (Lipinski definition) is 2. The third kappa shape index (κ3) is 3.52. The van der Waals surface area contributed by atoms with Gasteiger partial charge >= 0.3 is 0 Å². The Bertz CT molecular complexity index is 427. The van der Waals surface area contributed by atoms with E-state index in [-0.39, 0.29) is 0 Å². The van der Waals surface area contributed by atoms with Crippen LogP contribution in [-0.2, 0) is 6.42 Å². The lowest BCUT2D eigenvalue weighted by atomic mass is 10.1. The zero-order valence-corrected chi connectivity index (χ0v) is 12.3. The van der Waals surface area contributed by atoms with Gasteiger partial charge in [0.1, 0.15) is 0 Å². The molecule has 0 bridgehead atoms. The lowest BCUT2D eigenvalue weighted by Crippen LogP contribution is -1.93. The second kappa shape index (κ2) is 6.83. The standard InChI is InChI=1S/C15H19BrO2/c1-2-12(8-9-16)4-3-5-13-6-7-14-15(10-13)18-11-17-14/h4,6-7,10H,2-3,5,8-9,11H2,1H3/b12-4+. The first-order chi connectivity index (χ1) is 8.83. The number of hydrogen-bond donors (Lipinski definition) is 0. The van der Waals surface area contributed by atoms with Gasteiger partial charge in [-0.3, -0.25) is 0 Å².